The molecular weight excluding hydrogens is 332 g/mol. The number of hydrogen-bond acceptors (Lipinski definition) is 5. The van der Waals surface area contributed by atoms with Crippen molar-refractivity contribution >= 4 is 21.9 Å². The van der Waals surface area contributed by atoms with Crippen molar-refractivity contribution in [3.05, 3.63) is 0 Å². The van der Waals surface area contributed by atoms with Crippen LogP contribution in [0.3, 0.4) is 0 Å². The Labute approximate surface area is 144 Å². The van der Waals surface area contributed by atoms with Gasteiger partial charge >= 0.3 is 5.97 Å². The van der Waals surface area contributed by atoms with Gasteiger partial charge in [-0.2, -0.15) is 0 Å². The number of hydrogen-bond donors (Lipinski definition) is 1. The monoisotopic (exact) mass is 360 g/mol. The van der Waals surface area contributed by atoms with Crippen LogP contribution in [0.25, 0.3) is 0 Å². The Balaban J connectivity index is 2.31. The van der Waals surface area contributed by atoms with Gasteiger partial charge in [-0.05, 0) is 16.7 Å². The maximum atomic E-state index is 13.1. The number of carbonyl (C=O) groups excluding carboxylic acids is 2. The third kappa shape index (κ3) is 3.31. The molecule has 1 aliphatic carbocycles. The zero-order valence-electron chi connectivity index (χ0n) is 15.4. The molecule has 2 fully saturated rings. The Morgan fingerprint density at radius 1 is 1.29 bits per heavy atom. The molecule has 0 aromatic heterocycles. The Kier molecular flexibility index (Phi) is 4.55. The van der Waals surface area contributed by atoms with Gasteiger partial charge in [0.2, 0.25) is 15.9 Å². The Morgan fingerprint density at radius 2 is 1.83 bits per heavy atom. The van der Waals surface area contributed by atoms with Crippen LogP contribution in [0.5, 0.6) is 0 Å². The summed E-state index contributed by atoms with van der Waals surface area (Å²) in [7, 11) is -2.25. The molecule has 138 valence electrons. The zero-order chi connectivity index (χ0) is 18.7. The van der Waals surface area contributed by atoms with Gasteiger partial charge in [0.15, 0.2) is 0 Å². The van der Waals surface area contributed by atoms with Crippen LogP contribution in [0.2, 0.25) is 0 Å². The maximum absolute atomic E-state index is 13.1. The predicted octanol–water partition coefficient (Wildman–Crippen LogP) is 0.606. The third-order valence-electron chi connectivity index (χ3n) is 5.38. The van der Waals surface area contributed by atoms with Gasteiger partial charge in [0.25, 0.3) is 0 Å². The normalized spacial score (nSPS) is 29.8. The van der Waals surface area contributed by atoms with Gasteiger partial charge in [-0.15, -0.1) is 0 Å². The Bertz CT molecular complexity index is 650. The number of nitrogens with one attached hydrogen (secondary N) is 1. The first-order valence-corrected chi connectivity index (χ1v) is 9.96. The molecule has 1 heterocycles. The highest BCUT2D eigenvalue weighted by atomic mass is 32.2. The summed E-state index contributed by atoms with van der Waals surface area (Å²) in [4.78, 5) is 26.8. The fraction of sp³-hybridized carbons (Fsp3) is 0.875. The standard InChI is InChI=1S/C16H28N2O5S/c1-15(2,3)12(17-24(7,21)22)13(19)18-8-9-10(16(9,4)5)11(18)14(20)23-6/h9-12,17H,8H2,1-7H3/t9-,10-,11-,12+/m0/s1. The lowest BCUT2D eigenvalue weighted by atomic mass is 9.86. The summed E-state index contributed by atoms with van der Waals surface area (Å²) >= 11 is 0. The lowest BCUT2D eigenvalue weighted by molar-refractivity contribution is -0.154. The van der Waals surface area contributed by atoms with Gasteiger partial charge < -0.3 is 9.64 Å². The van der Waals surface area contributed by atoms with Crippen LogP contribution in [0.15, 0.2) is 0 Å². The van der Waals surface area contributed by atoms with E-state index in [1.165, 1.54) is 12.0 Å². The highest BCUT2D eigenvalue weighted by Gasteiger charge is 2.70. The molecule has 1 saturated carbocycles. The van der Waals surface area contributed by atoms with Crippen LogP contribution in [-0.2, 0) is 24.3 Å². The van der Waals surface area contributed by atoms with Crippen molar-refractivity contribution in [2.24, 2.45) is 22.7 Å². The molecule has 7 nitrogen and oxygen atoms in total. The molecule has 24 heavy (non-hydrogen) atoms. The van der Waals surface area contributed by atoms with E-state index >= 15 is 0 Å². The second kappa shape index (κ2) is 5.69. The number of nitrogens with zero attached hydrogens (tertiary/aromatic N) is 1. The molecule has 4 atom stereocenters. The smallest absolute Gasteiger partial charge is 0.328 e. The predicted molar refractivity (Wildman–Crippen MR) is 89.5 cm³/mol. The van der Waals surface area contributed by atoms with Gasteiger partial charge in [0.1, 0.15) is 12.1 Å². The molecule has 2 aliphatic rings. The van der Waals surface area contributed by atoms with E-state index in [1.54, 1.807) is 20.8 Å². The molecule has 0 spiro atoms. The minimum absolute atomic E-state index is 0.00285. The number of methoxy groups -OCH3 is 1. The molecule has 1 amide bonds. The van der Waals surface area contributed by atoms with Crippen molar-refractivity contribution in [2.75, 3.05) is 19.9 Å². The number of piperidine rings is 1. The van der Waals surface area contributed by atoms with Gasteiger partial charge in [0.05, 0.1) is 13.4 Å². The summed E-state index contributed by atoms with van der Waals surface area (Å²) in [6.07, 6.45) is 1.03. The molecule has 0 unspecified atom stereocenters. The summed E-state index contributed by atoms with van der Waals surface area (Å²) in [5.41, 5.74) is -0.625. The summed E-state index contributed by atoms with van der Waals surface area (Å²) in [6.45, 7) is 9.99. The first-order valence-electron chi connectivity index (χ1n) is 8.07. The van der Waals surface area contributed by atoms with Crippen LogP contribution in [-0.4, -0.2) is 57.2 Å². The second-order valence-electron chi connectivity index (χ2n) is 8.60. The van der Waals surface area contributed by atoms with Crippen molar-refractivity contribution in [3.63, 3.8) is 0 Å². The van der Waals surface area contributed by atoms with Crippen LogP contribution < -0.4 is 4.72 Å². The van der Waals surface area contributed by atoms with Gasteiger partial charge in [-0.3, -0.25) is 4.79 Å². The number of likely N-dealkylation sites (tertiary alicyclic amines) is 1. The van der Waals surface area contributed by atoms with Crippen molar-refractivity contribution in [3.8, 4) is 0 Å². The summed E-state index contributed by atoms with van der Waals surface area (Å²) < 4.78 is 30.7. The Hall–Kier alpha value is -1.15. The van der Waals surface area contributed by atoms with Crippen molar-refractivity contribution in [1.82, 2.24) is 9.62 Å². The average molecular weight is 360 g/mol. The van der Waals surface area contributed by atoms with Crippen molar-refractivity contribution < 1.29 is 22.7 Å². The van der Waals surface area contributed by atoms with Gasteiger partial charge in [-0.1, -0.05) is 34.6 Å². The second-order valence-corrected chi connectivity index (χ2v) is 10.4. The average Bonchev–Trinajstić information content (AvgIpc) is 2.80. The van der Waals surface area contributed by atoms with Crippen molar-refractivity contribution in [1.29, 1.82) is 0 Å². The highest BCUT2D eigenvalue weighted by Crippen LogP contribution is 2.65. The summed E-state index contributed by atoms with van der Waals surface area (Å²) in [5.74, 6) is -0.503. The van der Waals surface area contributed by atoms with Crippen LogP contribution in [0.1, 0.15) is 34.6 Å². The molecule has 8 heteroatoms. The number of sulfonamides is 1. The first-order chi connectivity index (χ1) is 10.7. The van der Waals surface area contributed by atoms with E-state index in [0.29, 0.717) is 6.54 Å². The van der Waals surface area contributed by atoms with Crippen LogP contribution in [0, 0.1) is 22.7 Å². The summed E-state index contributed by atoms with van der Waals surface area (Å²) in [6, 6.07) is -1.58. The molecule has 0 bridgehead atoms. The number of esters is 1. The molecule has 2 rings (SSSR count). The quantitative estimate of drug-likeness (QED) is 0.742. The minimum Gasteiger partial charge on any atom is -0.467 e. The third-order valence-corrected chi connectivity index (χ3v) is 6.04. The number of ether oxygens (including phenoxy) is 1. The lowest BCUT2D eigenvalue weighted by Crippen LogP contribution is -2.58. The lowest BCUT2D eigenvalue weighted by Gasteiger charge is -2.36. The van der Waals surface area contributed by atoms with Gasteiger partial charge in [0, 0.05) is 12.5 Å². The Morgan fingerprint density at radius 3 is 2.25 bits per heavy atom. The number of rotatable bonds is 4. The molecule has 0 aromatic carbocycles. The molecule has 0 radical (unpaired) electrons. The molecule has 1 saturated heterocycles. The summed E-state index contributed by atoms with van der Waals surface area (Å²) in [5, 5.41) is 0. The van der Waals surface area contributed by atoms with E-state index in [1.807, 2.05) is 0 Å². The largest absolute Gasteiger partial charge is 0.467 e. The van der Waals surface area contributed by atoms with Gasteiger partial charge in [-0.25, -0.2) is 17.9 Å². The van der Waals surface area contributed by atoms with Crippen molar-refractivity contribution in [2.45, 2.75) is 46.7 Å². The highest BCUT2D eigenvalue weighted by molar-refractivity contribution is 7.88. The van der Waals surface area contributed by atoms with Crippen LogP contribution >= 0.6 is 0 Å². The molecule has 1 N–H and O–H groups in total. The van der Waals surface area contributed by atoms with E-state index in [-0.39, 0.29) is 23.2 Å². The van der Waals surface area contributed by atoms with E-state index < -0.39 is 33.5 Å². The first kappa shape index (κ1) is 19.2. The minimum atomic E-state index is -3.56. The molecular formula is C16H28N2O5S. The molecule has 0 aromatic rings. The number of fused-ring (bicyclic) bond motifs is 1. The van der Waals surface area contributed by atoms with E-state index in [2.05, 4.69) is 18.6 Å². The maximum Gasteiger partial charge on any atom is 0.328 e. The SMILES string of the molecule is COC(=O)[C@@H]1[C@@H]2[C@H](CN1C(=O)[C@@H](NS(C)(=O)=O)C(C)(C)C)C2(C)C. The van der Waals surface area contributed by atoms with E-state index in [4.69, 9.17) is 4.74 Å². The van der Waals surface area contributed by atoms with E-state index in [9.17, 15) is 18.0 Å². The number of carbonyl (C=O) groups is 2. The fourth-order valence-electron chi connectivity index (χ4n) is 3.88. The molecule has 1 aliphatic heterocycles. The zero-order valence-corrected chi connectivity index (χ0v) is 16.2. The number of amides is 1. The fourth-order valence-corrected chi connectivity index (χ4v) is 4.76. The topological polar surface area (TPSA) is 92.8 Å². The van der Waals surface area contributed by atoms with E-state index in [0.717, 1.165) is 6.26 Å². The van der Waals surface area contributed by atoms with Crippen LogP contribution in [0.4, 0.5) is 0 Å².